The number of rotatable bonds is 4. The van der Waals surface area contributed by atoms with Crippen molar-refractivity contribution in [2.45, 2.75) is 6.54 Å². The van der Waals surface area contributed by atoms with Crippen molar-refractivity contribution in [3.8, 4) is 17.2 Å². The van der Waals surface area contributed by atoms with Crippen LogP contribution in [0, 0.1) is 11.3 Å². The van der Waals surface area contributed by atoms with Crippen LogP contribution in [0.15, 0.2) is 60.1 Å². The molecule has 0 aliphatic rings. The number of thiophene rings is 1. The SMILES string of the molecule is N#Cc1nc(NCc2ccccn2)c2c(-c3ccccc3)csc2n1. The highest BCUT2D eigenvalue weighted by molar-refractivity contribution is 7.17. The van der Waals surface area contributed by atoms with Gasteiger partial charge >= 0.3 is 0 Å². The Morgan fingerprint density at radius 1 is 1.04 bits per heavy atom. The number of hydrogen-bond donors (Lipinski definition) is 1. The lowest BCUT2D eigenvalue weighted by Gasteiger charge is -2.09. The zero-order valence-electron chi connectivity index (χ0n) is 13.2. The molecule has 0 atom stereocenters. The molecule has 4 rings (SSSR count). The Kier molecular flexibility index (Phi) is 4.07. The molecule has 3 aromatic heterocycles. The number of pyridine rings is 1. The summed E-state index contributed by atoms with van der Waals surface area (Å²) in [6, 6.07) is 17.9. The van der Waals surface area contributed by atoms with Crippen LogP contribution in [0.2, 0.25) is 0 Å². The normalized spacial score (nSPS) is 10.5. The third kappa shape index (κ3) is 3.05. The predicted molar refractivity (Wildman–Crippen MR) is 99.1 cm³/mol. The van der Waals surface area contributed by atoms with Gasteiger partial charge in [-0.25, -0.2) is 9.97 Å². The summed E-state index contributed by atoms with van der Waals surface area (Å²) in [6.07, 6.45) is 1.76. The molecule has 1 N–H and O–H groups in total. The molecule has 5 nitrogen and oxygen atoms in total. The number of nitrogens with zero attached hydrogens (tertiary/aromatic N) is 4. The highest BCUT2D eigenvalue weighted by Crippen LogP contribution is 2.36. The quantitative estimate of drug-likeness (QED) is 0.600. The van der Waals surface area contributed by atoms with Gasteiger partial charge in [0.1, 0.15) is 16.7 Å². The third-order valence-corrected chi connectivity index (χ3v) is 4.65. The molecule has 0 radical (unpaired) electrons. The Morgan fingerprint density at radius 2 is 1.88 bits per heavy atom. The van der Waals surface area contributed by atoms with Crippen molar-refractivity contribution >= 4 is 27.4 Å². The van der Waals surface area contributed by atoms with Crippen LogP contribution in [0.5, 0.6) is 0 Å². The second-order valence-corrected chi connectivity index (χ2v) is 6.24. The van der Waals surface area contributed by atoms with Crippen molar-refractivity contribution in [3.05, 3.63) is 71.6 Å². The largest absolute Gasteiger partial charge is 0.364 e. The molecular formula is C19H13N5S. The fourth-order valence-corrected chi connectivity index (χ4v) is 3.57. The van der Waals surface area contributed by atoms with Gasteiger partial charge in [-0.15, -0.1) is 11.3 Å². The minimum absolute atomic E-state index is 0.164. The summed E-state index contributed by atoms with van der Waals surface area (Å²) < 4.78 is 0. The third-order valence-electron chi connectivity index (χ3n) is 3.78. The monoisotopic (exact) mass is 343 g/mol. The number of nitriles is 1. The van der Waals surface area contributed by atoms with E-state index < -0.39 is 0 Å². The maximum Gasteiger partial charge on any atom is 0.235 e. The molecule has 6 heteroatoms. The fourth-order valence-electron chi connectivity index (χ4n) is 2.63. The van der Waals surface area contributed by atoms with Gasteiger partial charge < -0.3 is 5.32 Å². The minimum atomic E-state index is 0.164. The topological polar surface area (TPSA) is 74.5 Å². The van der Waals surface area contributed by atoms with E-state index in [4.69, 9.17) is 0 Å². The van der Waals surface area contributed by atoms with E-state index in [0.29, 0.717) is 12.4 Å². The summed E-state index contributed by atoms with van der Waals surface area (Å²) >= 11 is 1.52. The van der Waals surface area contributed by atoms with Gasteiger partial charge in [0.2, 0.25) is 5.82 Å². The average Bonchev–Trinajstić information content (AvgIpc) is 3.11. The van der Waals surface area contributed by atoms with Gasteiger partial charge in [-0.1, -0.05) is 36.4 Å². The lowest BCUT2D eigenvalue weighted by molar-refractivity contribution is 1.02. The summed E-state index contributed by atoms with van der Waals surface area (Å²) in [6.45, 7) is 0.530. The van der Waals surface area contributed by atoms with Crippen LogP contribution in [0.25, 0.3) is 21.3 Å². The molecule has 25 heavy (non-hydrogen) atoms. The summed E-state index contributed by atoms with van der Waals surface area (Å²) in [7, 11) is 0. The Hall–Kier alpha value is -3.30. The molecule has 0 amide bonds. The lowest BCUT2D eigenvalue weighted by atomic mass is 10.1. The van der Waals surface area contributed by atoms with Crippen molar-refractivity contribution in [1.29, 1.82) is 5.26 Å². The van der Waals surface area contributed by atoms with E-state index >= 15 is 0 Å². The molecule has 0 aliphatic carbocycles. The van der Waals surface area contributed by atoms with Crippen molar-refractivity contribution in [1.82, 2.24) is 15.0 Å². The molecule has 0 unspecified atom stereocenters. The summed E-state index contributed by atoms with van der Waals surface area (Å²) in [4.78, 5) is 13.9. The maximum atomic E-state index is 9.22. The van der Waals surface area contributed by atoms with Crippen molar-refractivity contribution in [2.75, 3.05) is 5.32 Å². The Morgan fingerprint density at radius 3 is 2.64 bits per heavy atom. The average molecular weight is 343 g/mol. The Bertz CT molecular complexity index is 1050. The van der Waals surface area contributed by atoms with Crippen LogP contribution in [0.3, 0.4) is 0 Å². The van der Waals surface area contributed by atoms with Crippen molar-refractivity contribution in [2.24, 2.45) is 0 Å². The van der Waals surface area contributed by atoms with Gasteiger partial charge in [-0.3, -0.25) is 4.98 Å². The molecule has 0 fully saturated rings. The first kappa shape index (κ1) is 15.2. The van der Waals surface area contributed by atoms with Crippen LogP contribution in [-0.2, 0) is 6.54 Å². The van der Waals surface area contributed by atoms with E-state index in [-0.39, 0.29) is 5.82 Å². The first-order valence-electron chi connectivity index (χ1n) is 7.73. The molecule has 4 aromatic rings. The zero-order chi connectivity index (χ0) is 17.1. The van der Waals surface area contributed by atoms with Gasteiger partial charge in [0.25, 0.3) is 0 Å². The second-order valence-electron chi connectivity index (χ2n) is 5.38. The van der Waals surface area contributed by atoms with Gasteiger partial charge in [0.15, 0.2) is 0 Å². The van der Waals surface area contributed by atoms with E-state index in [1.165, 1.54) is 11.3 Å². The van der Waals surface area contributed by atoms with Crippen LogP contribution in [0.4, 0.5) is 5.82 Å². The minimum Gasteiger partial charge on any atom is -0.364 e. The summed E-state index contributed by atoms with van der Waals surface area (Å²) in [5.74, 6) is 0.824. The maximum absolute atomic E-state index is 9.22. The van der Waals surface area contributed by atoms with E-state index in [9.17, 15) is 5.26 Å². The lowest BCUT2D eigenvalue weighted by Crippen LogP contribution is -2.05. The molecule has 120 valence electrons. The highest BCUT2D eigenvalue weighted by Gasteiger charge is 2.15. The van der Waals surface area contributed by atoms with E-state index in [2.05, 4.69) is 37.8 Å². The highest BCUT2D eigenvalue weighted by atomic mass is 32.1. The van der Waals surface area contributed by atoms with E-state index in [1.807, 2.05) is 42.5 Å². The molecule has 0 bridgehead atoms. The van der Waals surface area contributed by atoms with E-state index in [0.717, 1.165) is 27.0 Å². The molecule has 0 aliphatic heterocycles. The standard InChI is InChI=1S/C19H13N5S/c20-10-16-23-18(22-11-14-8-4-5-9-21-14)17-15(12-25-19(17)24-16)13-6-2-1-3-7-13/h1-9,12H,11H2,(H,22,23,24). The molecular weight excluding hydrogens is 330 g/mol. The molecule has 0 saturated carbocycles. The summed E-state index contributed by atoms with van der Waals surface area (Å²) in [5, 5.41) is 15.5. The fraction of sp³-hybridized carbons (Fsp3) is 0.0526. The smallest absolute Gasteiger partial charge is 0.235 e. The van der Waals surface area contributed by atoms with Crippen LogP contribution >= 0.6 is 11.3 Å². The van der Waals surface area contributed by atoms with Crippen LogP contribution in [-0.4, -0.2) is 15.0 Å². The van der Waals surface area contributed by atoms with Crippen LogP contribution in [0.1, 0.15) is 11.5 Å². The predicted octanol–water partition coefficient (Wildman–Crippen LogP) is 4.24. The molecule has 1 aromatic carbocycles. The summed E-state index contributed by atoms with van der Waals surface area (Å²) in [5.41, 5.74) is 3.07. The molecule has 0 spiro atoms. The Balaban J connectivity index is 1.80. The van der Waals surface area contributed by atoms with Crippen LogP contribution < -0.4 is 5.32 Å². The van der Waals surface area contributed by atoms with E-state index in [1.54, 1.807) is 6.20 Å². The molecule has 3 heterocycles. The van der Waals surface area contributed by atoms with Crippen molar-refractivity contribution in [3.63, 3.8) is 0 Å². The zero-order valence-corrected chi connectivity index (χ0v) is 14.0. The number of anilines is 1. The van der Waals surface area contributed by atoms with Gasteiger partial charge in [0.05, 0.1) is 17.6 Å². The second kappa shape index (κ2) is 6.67. The number of fused-ring (bicyclic) bond motifs is 1. The number of hydrogen-bond acceptors (Lipinski definition) is 6. The van der Waals surface area contributed by atoms with Gasteiger partial charge in [-0.2, -0.15) is 5.26 Å². The van der Waals surface area contributed by atoms with Gasteiger partial charge in [-0.05, 0) is 17.7 Å². The van der Waals surface area contributed by atoms with Crippen molar-refractivity contribution < 1.29 is 0 Å². The van der Waals surface area contributed by atoms with Gasteiger partial charge in [0, 0.05) is 17.1 Å². The number of aromatic nitrogens is 3. The molecule has 0 saturated heterocycles. The number of benzene rings is 1. The Labute approximate surface area is 148 Å². The number of nitrogens with one attached hydrogen (secondary N) is 1. The first-order chi connectivity index (χ1) is 12.3. The first-order valence-corrected chi connectivity index (χ1v) is 8.61.